The molecule has 12 nitrogen and oxygen atoms in total. The van der Waals surface area contributed by atoms with E-state index in [9.17, 15) is 28.8 Å². The van der Waals surface area contributed by atoms with Crippen LogP contribution in [0.15, 0.2) is 36.4 Å². The number of benzene rings is 2. The summed E-state index contributed by atoms with van der Waals surface area (Å²) in [6.45, 7) is 8.17. The van der Waals surface area contributed by atoms with Crippen molar-refractivity contribution in [2.45, 2.75) is 92.4 Å². The van der Waals surface area contributed by atoms with Gasteiger partial charge in [-0.05, 0) is 48.2 Å². The summed E-state index contributed by atoms with van der Waals surface area (Å²) in [5, 5.41) is 0. The van der Waals surface area contributed by atoms with Gasteiger partial charge in [-0.1, -0.05) is 25.0 Å². The second-order valence-corrected chi connectivity index (χ2v) is 10.6. The van der Waals surface area contributed by atoms with Crippen LogP contribution in [-0.4, -0.2) is 57.6 Å². The molecular formula is C32H38N2O10. The summed E-state index contributed by atoms with van der Waals surface area (Å²) in [4.78, 5) is 76.0. The van der Waals surface area contributed by atoms with Crippen LogP contribution in [0.3, 0.4) is 0 Å². The van der Waals surface area contributed by atoms with Crippen LogP contribution in [0.25, 0.3) is 0 Å². The molecule has 0 spiro atoms. The highest BCUT2D eigenvalue weighted by Crippen LogP contribution is 2.34. The fourth-order valence-electron chi connectivity index (χ4n) is 5.39. The van der Waals surface area contributed by atoms with E-state index in [-0.39, 0.29) is 60.0 Å². The van der Waals surface area contributed by atoms with E-state index < -0.39 is 23.9 Å². The van der Waals surface area contributed by atoms with Crippen LogP contribution in [0.5, 0.6) is 23.0 Å². The molecule has 0 saturated heterocycles. The van der Waals surface area contributed by atoms with Crippen molar-refractivity contribution in [3.63, 3.8) is 0 Å². The van der Waals surface area contributed by atoms with Crippen LogP contribution in [-0.2, 0) is 41.9 Å². The quantitative estimate of drug-likeness (QED) is 0.285. The molecule has 0 aromatic heterocycles. The molecule has 0 heterocycles. The Labute approximate surface area is 256 Å². The summed E-state index contributed by atoms with van der Waals surface area (Å²) in [7, 11) is 0. The van der Waals surface area contributed by atoms with Crippen LogP contribution in [0, 0.1) is 0 Å². The molecule has 0 bridgehead atoms. The lowest BCUT2D eigenvalue weighted by Crippen LogP contribution is -2.55. The largest absolute Gasteiger partial charge is 0.423 e. The third kappa shape index (κ3) is 9.38. The zero-order chi connectivity index (χ0) is 32.6. The highest BCUT2D eigenvalue weighted by Gasteiger charge is 2.37. The van der Waals surface area contributed by atoms with Crippen molar-refractivity contribution in [3.05, 3.63) is 47.5 Å². The van der Waals surface area contributed by atoms with Crippen molar-refractivity contribution in [2.75, 3.05) is 0 Å². The van der Waals surface area contributed by atoms with E-state index in [0.29, 0.717) is 24.0 Å². The molecule has 1 aliphatic rings. The predicted octanol–water partition coefficient (Wildman–Crippen LogP) is 4.10. The lowest BCUT2D eigenvalue weighted by molar-refractivity contribution is -0.141. The highest BCUT2D eigenvalue weighted by atomic mass is 16.6. The number of carbonyl (C=O) groups excluding carboxylic acids is 6. The minimum Gasteiger partial charge on any atom is -0.423 e. The maximum absolute atomic E-state index is 13.1. The van der Waals surface area contributed by atoms with Gasteiger partial charge in [0.15, 0.2) is 23.0 Å². The summed E-state index contributed by atoms with van der Waals surface area (Å²) in [6.07, 6.45) is 3.02. The number of rotatable bonds is 10. The molecule has 1 fully saturated rings. The number of hydrogen-bond acceptors (Lipinski definition) is 10. The van der Waals surface area contributed by atoms with Gasteiger partial charge in [0.05, 0.1) is 12.1 Å². The number of esters is 4. The topological polar surface area (TPSA) is 146 Å². The molecule has 44 heavy (non-hydrogen) atoms. The average Bonchev–Trinajstić information content (AvgIpc) is 2.91. The fourth-order valence-corrected chi connectivity index (χ4v) is 5.39. The van der Waals surface area contributed by atoms with Crippen molar-refractivity contribution in [1.29, 1.82) is 0 Å². The Hall–Kier alpha value is -4.74. The first-order valence-electron chi connectivity index (χ1n) is 14.3. The summed E-state index contributed by atoms with van der Waals surface area (Å²) in [5.74, 6) is -2.48. The summed E-state index contributed by atoms with van der Waals surface area (Å²) in [6, 6.07) is 8.83. The van der Waals surface area contributed by atoms with Gasteiger partial charge in [0.25, 0.3) is 0 Å². The third-order valence-corrected chi connectivity index (χ3v) is 7.04. The Balaban J connectivity index is 1.93. The zero-order valence-electron chi connectivity index (χ0n) is 25.8. The van der Waals surface area contributed by atoms with Gasteiger partial charge in [-0.3, -0.25) is 28.8 Å². The van der Waals surface area contributed by atoms with Gasteiger partial charge in [-0.25, -0.2) is 0 Å². The van der Waals surface area contributed by atoms with Gasteiger partial charge < -0.3 is 28.7 Å². The second kappa shape index (κ2) is 15.1. The second-order valence-electron chi connectivity index (χ2n) is 10.6. The first-order chi connectivity index (χ1) is 20.7. The maximum Gasteiger partial charge on any atom is 0.308 e. The van der Waals surface area contributed by atoms with Crippen LogP contribution in [0.4, 0.5) is 0 Å². The molecule has 2 aromatic rings. The van der Waals surface area contributed by atoms with Crippen molar-refractivity contribution in [3.8, 4) is 23.0 Å². The van der Waals surface area contributed by atoms with E-state index in [1.807, 2.05) is 0 Å². The molecule has 1 unspecified atom stereocenters. The molecule has 12 heteroatoms. The number of nitrogens with zero attached hydrogens (tertiary/aromatic N) is 2. The van der Waals surface area contributed by atoms with Gasteiger partial charge in [-0.15, -0.1) is 0 Å². The van der Waals surface area contributed by atoms with E-state index in [1.165, 1.54) is 53.7 Å². The van der Waals surface area contributed by atoms with Crippen LogP contribution in [0.2, 0.25) is 0 Å². The third-order valence-electron chi connectivity index (χ3n) is 7.04. The SMILES string of the molecule is CC(=O)Oc1ccc(CN(C(C)=O)C2CCCC[C@@H]2N(Cc2ccc(OC(C)=O)c(OC(C)=O)c2)C(C)=O)cc1OC(C)=O. The standard InChI is InChI=1S/C32H38N2O10/c1-19(35)33(17-25-11-13-29(41-21(3)37)31(15-25)43-23(5)39)27-9-7-8-10-28(27)34(20(2)36)18-26-12-14-30(42-22(4)38)32(16-26)44-24(6)40/h11-16,27-28H,7-10,17-18H2,1-6H3/t27-,28?/m0/s1. The normalized spacial score (nSPS) is 15.9. The van der Waals surface area contributed by atoms with Gasteiger partial charge in [0, 0.05) is 54.6 Å². The van der Waals surface area contributed by atoms with E-state index in [0.717, 1.165) is 12.8 Å². The molecule has 2 aromatic carbocycles. The highest BCUT2D eigenvalue weighted by molar-refractivity contribution is 5.77. The Morgan fingerprint density at radius 1 is 0.545 bits per heavy atom. The number of ether oxygens (including phenoxy) is 4. The first-order valence-corrected chi connectivity index (χ1v) is 14.3. The fraction of sp³-hybridized carbons (Fsp3) is 0.438. The van der Waals surface area contributed by atoms with E-state index in [2.05, 4.69) is 0 Å². The van der Waals surface area contributed by atoms with Gasteiger partial charge in [0.2, 0.25) is 11.8 Å². The lowest BCUT2D eigenvalue weighted by atomic mass is 9.87. The van der Waals surface area contributed by atoms with Gasteiger partial charge in [0.1, 0.15) is 0 Å². The summed E-state index contributed by atoms with van der Waals surface area (Å²) in [5.41, 5.74) is 1.27. The molecular weight excluding hydrogens is 572 g/mol. The molecule has 0 N–H and O–H groups in total. The van der Waals surface area contributed by atoms with E-state index in [4.69, 9.17) is 18.9 Å². The summed E-state index contributed by atoms with van der Waals surface area (Å²) >= 11 is 0. The van der Waals surface area contributed by atoms with Crippen molar-refractivity contribution >= 4 is 35.7 Å². The molecule has 0 radical (unpaired) electrons. The zero-order valence-corrected chi connectivity index (χ0v) is 25.8. The molecule has 1 saturated carbocycles. The average molecular weight is 611 g/mol. The maximum atomic E-state index is 13.1. The number of carbonyl (C=O) groups is 6. The van der Waals surface area contributed by atoms with Crippen molar-refractivity contribution < 1.29 is 47.7 Å². The van der Waals surface area contributed by atoms with Crippen molar-refractivity contribution in [2.24, 2.45) is 0 Å². The predicted molar refractivity (Wildman–Crippen MR) is 157 cm³/mol. The first kappa shape index (κ1) is 33.8. The van der Waals surface area contributed by atoms with Gasteiger partial charge in [-0.2, -0.15) is 0 Å². The Morgan fingerprint density at radius 2 is 0.864 bits per heavy atom. The molecule has 1 aliphatic carbocycles. The smallest absolute Gasteiger partial charge is 0.308 e. The van der Waals surface area contributed by atoms with Gasteiger partial charge >= 0.3 is 23.9 Å². The minimum atomic E-state index is -0.596. The Morgan fingerprint density at radius 3 is 1.16 bits per heavy atom. The van der Waals surface area contributed by atoms with Crippen LogP contribution >= 0.6 is 0 Å². The minimum absolute atomic E-state index is 0.0556. The lowest BCUT2D eigenvalue weighted by Gasteiger charge is -2.44. The van der Waals surface area contributed by atoms with Crippen LogP contribution in [0.1, 0.15) is 78.4 Å². The van der Waals surface area contributed by atoms with Crippen molar-refractivity contribution in [1.82, 2.24) is 9.80 Å². The molecule has 2 atom stereocenters. The summed E-state index contributed by atoms with van der Waals surface area (Å²) < 4.78 is 20.9. The molecule has 3 rings (SSSR count). The Bertz CT molecular complexity index is 1330. The molecule has 2 amide bonds. The molecule has 236 valence electrons. The number of hydrogen-bond donors (Lipinski definition) is 0. The Kier molecular flexibility index (Phi) is 11.6. The van der Waals surface area contributed by atoms with Crippen LogP contribution < -0.4 is 18.9 Å². The van der Waals surface area contributed by atoms with E-state index in [1.54, 1.807) is 34.1 Å². The molecule has 0 aliphatic heterocycles. The monoisotopic (exact) mass is 610 g/mol. The van der Waals surface area contributed by atoms with E-state index >= 15 is 0 Å². The number of amides is 2.